The van der Waals surface area contributed by atoms with Crippen LogP contribution in [0.1, 0.15) is 37.5 Å². The number of anilines is 1. The molecule has 0 aromatic heterocycles. The van der Waals surface area contributed by atoms with E-state index in [0.717, 1.165) is 16.8 Å². The molecule has 0 radical (unpaired) electrons. The molecule has 1 aliphatic rings. The summed E-state index contributed by atoms with van der Waals surface area (Å²) < 4.78 is 14.7. The number of nitro benzene ring substituents is 1. The average Bonchev–Trinajstić information content (AvgIpc) is 2.59. The lowest BCUT2D eigenvalue weighted by Gasteiger charge is -2.40. The predicted octanol–water partition coefficient (Wildman–Crippen LogP) is 5.42. The molecular weight excluding hydrogens is 345 g/mol. The maximum Gasteiger partial charge on any atom is 0.274 e. The van der Waals surface area contributed by atoms with Crippen molar-refractivity contribution in [1.29, 1.82) is 0 Å². The van der Waals surface area contributed by atoms with Crippen LogP contribution in [-0.4, -0.2) is 23.7 Å². The van der Waals surface area contributed by atoms with E-state index in [-0.39, 0.29) is 17.0 Å². The minimum Gasteiger partial charge on any atom is -0.365 e. The standard InChI is InChI=1S/C21H22FN3O2/c1-13-6-7-16(9-19(13)25(26)27)23-12-15-8-17-14(2)11-21(3,4)24(5)20(17)10-18(15)22/h6-12H,1-5H3. The molecule has 1 aliphatic heterocycles. The van der Waals surface area contributed by atoms with Crippen LogP contribution in [0.2, 0.25) is 0 Å². The van der Waals surface area contributed by atoms with Gasteiger partial charge in [-0.2, -0.15) is 0 Å². The van der Waals surface area contributed by atoms with E-state index in [0.29, 0.717) is 16.8 Å². The van der Waals surface area contributed by atoms with E-state index >= 15 is 0 Å². The molecule has 0 bridgehead atoms. The number of hydrogen-bond donors (Lipinski definition) is 0. The van der Waals surface area contributed by atoms with Crippen molar-refractivity contribution in [3.8, 4) is 0 Å². The maximum absolute atomic E-state index is 14.7. The van der Waals surface area contributed by atoms with Gasteiger partial charge in [-0.05, 0) is 51.5 Å². The third-order valence-electron chi connectivity index (χ3n) is 5.08. The summed E-state index contributed by atoms with van der Waals surface area (Å²) in [5.41, 5.74) is 3.99. The van der Waals surface area contributed by atoms with Gasteiger partial charge in [-0.25, -0.2) is 4.39 Å². The van der Waals surface area contributed by atoms with Crippen molar-refractivity contribution in [2.24, 2.45) is 4.99 Å². The van der Waals surface area contributed by atoms with Gasteiger partial charge in [0.25, 0.3) is 5.69 Å². The van der Waals surface area contributed by atoms with Crippen molar-refractivity contribution >= 4 is 28.8 Å². The summed E-state index contributed by atoms with van der Waals surface area (Å²) in [6.07, 6.45) is 3.56. The van der Waals surface area contributed by atoms with Crippen molar-refractivity contribution < 1.29 is 9.31 Å². The molecule has 0 saturated heterocycles. The fourth-order valence-corrected chi connectivity index (χ4v) is 3.31. The van der Waals surface area contributed by atoms with Crippen LogP contribution < -0.4 is 4.90 Å². The first-order valence-corrected chi connectivity index (χ1v) is 8.66. The zero-order valence-corrected chi connectivity index (χ0v) is 16.1. The summed E-state index contributed by atoms with van der Waals surface area (Å²) in [5.74, 6) is -0.378. The zero-order valence-electron chi connectivity index (χ0n) is 16.1. The third kappa shape index (κ3) is 3.47. The smallest absolute Gasteiger partial charge is 0.274 e. The zero-order chi connectivity index (χ0) is 19.9. The number of allylic oxidation sites excluding steroid dienone is 1. The molecule has 27 heavy (non-hydrogen) atoms. The summed E-state index contributed by atoms with van der Waals surface area (Å²) in [6, 6.07) is 8.00. The van der Waals surface area contributed by atoms with E-state index in [1.54, 1.807) is 25.1 Å². The molecule has 0 atom stereocenters. The topological polar surface area (TPSA) is 58.7 Å². The number of benzene rings is 2. The largest absolute Gasteiger partial charge is 0.365 e. The number of aryl methyl sites for hydroxylation is 1. The van der Waals surface area contributed by atoms with Gasteiger partial charge < -0.3 is 4.90 Å². The molecule has 0 N–H and O–H groups in total. The molecule has 6 heteroatoms. The average molecular weight is 367 g/mol. The number of nitro groups is 1. The minimum atomic E-state index is -0.445. The Morgan fingerprint density at radius 2 is 1.93 bits per heavy atom. The molecule has 3 rings (SSSR count). The molecule has 5 nitrogen and oxygen atoms in total. The molecule has 0 fully saturated rings. The van der Waals surface area contributed by atoms with E-state index < -0.39 is 4.92 Å². The number of likely N-dealkylation sites (N-methyl/N-ethyl adjacent to an activating group) is 1. The maximum atomic E-state index is 14.7. The minimum absolute atomic E-state index is 0.00167. The summed E-state index contributed by atoms with van der Waals surface area (Å²) in [7, 11) is 1.94. The van der Waals surface area contributed by atoms with Crippen LogP contribution >= 0.6 is 0 Å². The molecular formula is C21H22FN3O2. The highest BCUT2D eigenvalue weighted by atomic mass is 19.1. The Labute approximate surface area is 158 Å². The summed E-state index contributed by atoms with van der Waals surface area (Å²) in [5, 5.41) is 11.1. The van der Waals surface area contributed by atoms with Crippen molar-refractivity contribution in [3.05, 3.63) is 69.0 Å². The van der Waals surface area contributed by atoms with Crippen LogP contribution in [0.5, 0.6) is 0 Å². The molecule has 1 heterocycles. The molecule has 2 aromatic rings. The SMILES string of the molecule is CC1=CC(C)(C)N(C)c2cc(F)c(C=Nc3ccc(C)c([N+](=O)[O-])c3)cc21. The van der Waals surface area contributed by atoms with Gasteiger partial charge in [0.15, 0.2) is 0 Å². The van der Waals surface area contributed by atoms with Gasteiger partial charge >= 0.3 is 0 Å². The second-order valence-corrected chi connectivity index (χ2v) is 7.42. The Morgan fingerprint density at radius 3 is 2.59 bits per heavy atom. The Kier molecular flexibility index (Phi) is 4.59. The third-order valence-corrected chi connectivity index (χ3v) is 5.08. The first-order valence-electron chi connectivity index (χ1n) is 8.66. The molecule has 2 aromatic carbocycles. The number of aliphatic imine (C=N–C) groups is 1. The van der Waals surface area contributed by atoms with Gasteiger partial charge in [0.2, 0.25) is 0 Å². The number of rotatable bonds is 3. The van der Waals surface area contributed by atoms with Crippen LogP contribution in [0.3, 0.4) is 0 Å². The second kappa shape index (κ2) is 6.61. The summed E-state index contributed by atoms with van der Waals surface area (Å²) >= 11 is 0. The monoisotopic (exact) mass is 367 g/mol. The lowest BCUT2D eigenvalue weighted by molar-refractivity contribution is -0.385. The number of hydrogen-bond acceptors (Lipinski definition) is 4. The Morgan fingerprint density at radius 1 is 1.22 bits per heavy atom. The van der Waals surface area contributed by atoms with Gasteiger partial charge in [0.05, 0.1) is 16.1 Å². The van der Waals surface area contributed by atoms with Crippen LogP contribution in [0.15, 0.2) is 41.4 Å². The van der Waals surface area contributed by atoms with Crippen LogP contribution in [0.25, 0.3) is 5.57 Å². The number of nitrogens with zero attached hydrogens (tertiary/aromatic N) is 3. The molecule has 0 spiro atoms. The second-order valence-electron chi connectivity index (χ2n) is 7.42. The lowest BCUT2D eigenvalue weighted by atomic mass is 9.88. The van der Waals surface area contributed by atoms with E-state index in [1.807, 2.05) is 18.9 Å². The number of halogens is 1. The van der Waals surface area contributed by atoms with Crippen molar-refractivity contribution in [2.45, 2.75) is 33.2 Å². The highest BCUT2D eigenvalue weighted by molar-refractivity contribution is 5.89. The number of fused-ring (bicyclic) bond motifs is 1. The van der Waals surface area contributed by atoms with Crippen molar-refractivity contribution in [2.75, 3.05) is 11.9 Å². The van der Waals surface area contributed by atoms with E-state index in [4.69, 9.17) is 0 Å². The quantitative estimate of drug-likeness (QED) is 0.413. The van der Waals surface area contributed by atoms with Crippen molar-refractivity contribution in [3.63, 3.8) is 0 Å². The molecule has 0 unspecified atom stereocenters. The Bertz CT molecular complexity index is 993. The first kappa shape index (κ1) is 18.8. The van der Waals surface area contributed by atoms with Gasteiger partial charge in [0, 0.05) is 41.7 Å². The van der Waals surface area contributed by atoms with Crippen molar-refractivity contribution in [1.82, 2.24) is 0 Å². The van der Waals surface area contributed by atoms with Gasteiger partial charge in [-0.1, -0.05) is 12.1 Å². The first-order chi connectivity index (χ1) is 12.6. The fraction of sp³-hybridized carbons (Fsp3) is 0.286. The molecule has 0 saturated carbocycles. The van der Waals surface area contributed by atoms with Gasteiger partial charge in [-0.3, -0.25) is 15.1 Å². The van der Waals surface area contributed by atoms with Crippen LogP contribution in [0.4, 0.5) is 21.5 Å². The Hall–Kier alpha value is -3.02. The van der Waals surface area contributed by atoms with Crippen LogP contribution in [-0.2, 0) is 0 Å². The highest BCUT2D eigenvalue weighted by Gasteiger charge is 2.29. The molecule has 0 aliphatic carbocycles. The molecule has 0 amide bonds. The summed E-state index contributed by atoms with van der Waals surface area (Å²) in [4.78, 5) is 16.9. The Balaban J connectivity index is 2.00. The highest BCUT2D eigenvalue weighted by Crippen LogP contribution is 2.38. The van der Waals surface area contributed by atoms with E-state index in [9.17, 15) is 14.5 Å². The molecule has 140 valence electrons. The predicted molar refractivity (Wildman–Crippen MR) is 108 cm³/mol. The lowest BCUT2D eigenvalue weighted by Crippen LogP contribution is -2.42. The van der Waals surface area contributed by atoms with Gasteiger partial charge in [0.1, 0.15) is 5.82 Å². The summed E-state index contributed by atoms with van der Waals surface area (Å²) in [6.45, 7) is 7.84. The fourth-order valence-electron chi connectivity index (χ4n) is 3.31. The van der Waals surface area contributed by atoms with E-state index in [2.05, 4.69) is 24.9 Å². The van der Waals surface area contributed by atoms with Gasteiger partial charge in [-0.15, -0.1) is 0 Å². The van der Waals surface area contributed by atoms with Crippen LogP contribution in [0, 0.1) is 22.9 Å². The normalized spacial score (nSPS) is 15.6. The van der Waals surface area contributed by atoms with E-state index in [1.165, 1.54) is 18.3 Å².